The number of amides is 2. The molecule has 0 saturated heterocycles. The molecule has 0 spiro atoms. The summed E-state index contributed by atoms with van der Waals surface area (Å²) < 4.78 is 27.3. The number of benzene rings is 2. The van der Waals surface area contributed by atoms with Crippen molar-refractivity contribution in [3.8, 4) is 0 Å². The smallest absolute Gasteiger partial charge is 0.242 e. The number of hydrogen-bond acceptors (Lipinski definition) is 2. The predicted molar refractivity (Wildman–Crippen MR) is 109 cm³/mol. The fourth-order valence-corrected chi connectivity index (χ4v) is 3.12. The first kappa shape index (κ1) is 22.5. The van der Waals surface area contributed by atoms with Crippen molar-refractivity contribution in [3.63, 3.8) is 0 Å². The van der Waals surface area contributed by atoms with E-state index in [9.17, 15) is 18.4 Å². The lowest BCUT2D eigenvalue weighted by atomic mass is 10.1. The van der Waals surface area contributed by atoms with Gasteiger partial charge in [0.1, 0.15) is 17.7 Å². The zero-order valence-electron chi connectivity index (χ0n) is 17.0. The summed E-state index contributed by atoms with van der Waals surface area (Å²) in [4.78, 5) is 27.3. The van der Waals surface area contributed by atoms with E-state index in [1.165, 1.54) is 23.1 Å². The highest BCUT2D eigenvalue weighted by molar-refractivity contribution is 5.88. The molecule has 1 atom stereocenters. The maximum absolute atomic E-state index is 14.0. The van der Waals surface area contributed by atoms with Crippen LogP contribution in [0.25, 0.3) is 0 Å². The van der Waals surface area contributed by atoms with Crippen molar-refractivity contribution in [1.29, 1.82) is 0 Å². The molecule has 0 bridgehead atoms. The summed E-state index contributed by atoms with van der Waals surface area (Å²) >= 11 is 0. The van der Waals surface area contributed by atoms with E-state index in [2.05, 4.69) is 5.32 Å². The topological polar surface area (TPSA) is 49.4 Å². The average Bonchev–Trinajstić information content (AvgIpc) is 2.71. The van der Waals surface area contributed by atoms with Gasteiger partial charge >= 0.3 is 0 Å². The van der Waals surface area contributed by atoms with Gasteiger partial charge in [0.25, 0.3) is 0 Å². The number of nitrogens with zero attached hydrogens (tertiary/aromatic N) is 1. The van der Waals surface area contributed by atoms with Crippen molar-refractivity contribution >= 4 is 11.8 Å². The summed E-state index contributed by atoms with van der Waals surface area (Å²) in [5.74, 6) is -1.41. The predicted octanol–water partition coefficient (Wildman–Crippen LogP) is 4.23. The molecule has 0 aliphatic rings. The molecule has 4 nitrogen and oxygen atoms in total. The van der Waals surface area contributed by atoms with E-state index in [1.54, 1.807) is 30.3 Å². The summed E-state index contributed by atoms with van der Waals surface area (Å²) in [5, 5.41) is 2.87. The van der Waals surface area contributed by atoms with Crippen LogP contribution in [0.3, 0.4) is 0 Å². The lowest BCUT2D eigenvalue weighted by Gasteiger charge is -2.31. The molecular formula is C23H28F2N2O2. The van der Waals surface area contributed by atoms with E-state index >= 15 is 0 Å². The SMILES string of the molecule is CCCCNC(=O)[C@H](CC)N(Cc1ccc(F)cc1)C(=O)Cc1ccccc1F. The number of halogens is 2. The highest BCUT2D eigenvalue weighted by Crippen LogP contribution is 2.16. The second-order valence-corrected chi connectivity index (χ2v) is 6.98. The Morgan fingerprint density at radius 1 is 1.03 bits per heavy atom. The Balaban J connectivity index is 2.25. The van der Waals surface area contributed by atoms with Gasteiger partial charge in [-0.25, -0.2) is 8.78 Å². The molecule has 156 valence electrons. The largest absolute Gasteiger partial charge is 0.354 e. The van der Waals surface area contributed by atoms with Gasteiger partial charge in [0, 0.05) is 13.1 Å². The van der Waals surface area contributed by atoms with E-state index in [-0.39, 0.29) is 36.2 Å². The Hall–Kier alpha value is -2.76. The maximum Gasteiger partial charge on any atom is 0.242 e. The Morgan fingerprint density at radius 2 is 1.72 bits per heavy atom. The molecule has 0 unspecified atom stereocenters. The van der Waals surface area contributed by atoms with Crippen LogP contribution in [-0.4, -0.2) is 29.3 Å². The average molecular weight is 402 g/mol. The molecule has 0 fully saturated rings. The van der Waals surface area contributed by atoms with Crippen LogP contribution in [-0.2, 0) is 22.6 Å². The molecule has 0 aromatic heterocycles. The molecule has 29 heavy (non-hydrogen) atoms. The number of unbranched alkanes of at least 4 members (excludes halogenated alkanes) is 1. The quantitative estimate of drug-likeness (QED) is 0.605. The van der Waals surface area contributed by atoms with Crippen LogP contribution in [0.15, 0.2) is 48.5 Å². The van der Waals surface area contributed by atoms with Crippen LogP contribution < -0.4 is 5.32 Å². The van der Waals surface area contributed by atoms with Crippen molar-refractivity contribution in [2.45, 2.75) is 52.1 Å². The molecule has 0 saturated carbocycles. The molecule has 2 amide bonds. The van der Waals surface area contributed by atoms with Gasteiger partial charge in [-0.05, 0) is 42.2 Å². The van der Waals surface area contributed by atoms with Gasteiger partial charge in [0.2, 0.25) is 11.8 Å². The van der Waals surface area contributed by atoms with Gasteiger partial charge in [-0.1, -0.05) is 50.6 Å². The molecule has 2 aromatic rings. The Kier molecular flexibility index (Phi) is 8.77. The third-order valence-corrected chi connectivity index (χ3v) is 4.78. The van der Waals surface area contributed by atoms with Gasteiger partial charge in [-0.2, -0.15) is 0 Å². The zero-order chi connectivity index (χ0) is 21.2. The van der Waals surface area contributed by atoms with E-state index in [1.807, 2.05) is 13.8 Å². The Morgan fingerprint density at radius 3 is 2.34 bits per heavy atom. The third kappa shape index (κ3) is 6.66. The third-order valence-electron chi connectivity index (χ3n) is 4.78. The summed E-state index contributed by atoms with van der Waals surface area (Å²) in [7, 11) is 0. The second-order valence-electron chi connectivity index (χ2n) is 6.98. The van der Waals surface area contributed by atoms with Crippen molar-refractivity contribution < 1.29 is 18.4 Å². The number of rotatable bonds is 10. The highest BCUT2D eigenvalue weighted by atomic mass is 19.1. The Labute approximate surface area is 170 Å². The summed E-state index contributed by atoms with van der Waals surface area (Å²) in [6.07, 6.45) is 2.07. The van der Waals surface area contributed by atoms with Crippen LogP contribution in [0.1, 0.15) is 44.2 Å². The summed E-state index contributed by atoms with van der Waals surface area (Å²) in [6.45, 7) is 4.55. The van der Waals surface area contributed by atoms with E-state index in [4.69, 9.17) is 0 Å². The minimum atomic E-state index is -0.684. The van der Waals surface area contributed by atoms with E-state index in [0.29, 0.717) is 18.5 Å². The van der Waals surface area contributed by atoms with Gasteiger partial charge in [0.05, 0.1) is 6.42 Å². The van der Waals surface area contributed by atoms with Crippen LogP contribution in [0, 0.1) is 11.6 Å². The van der Waals surface area contributed by atoms with Crippen LogP contribution in [0.5, 0.6) is 0 Å². The van der Waals surface area contributed by atoms with Gasteiger partial charge < -0.3 is 10.2 Å². The second kappa shape index (κ2) is 11.3. The van der Waals surface area contributed by atoms with Gasteiger partial charge in [0.15, 0.2) is 0 Å². The lowest BCUT2D eigenvalue weighted by molar-refractivity contribution is -0.141. The standard InChI is InChI=1S/C23H28F2N2O2/c1-3-5-14-26-23(29)21(4-2)27(16-17-10-12-19(24)13-11-17)22(28)15-18-8-6-7-9-20(18)25/h6-13,21H,3-5,14-16H2,1-2H3,(H,26,29)/t21-/m0/s1. The molecule has 0 aliphatic heterocycles. The normalized spacial score (nSPS) is 11.7. The molecule has 2 aromatic carbocycles. The fraction of sp³-hybridized carbons (Fsp3) is 0.391. The lowest BCUT2D eigenvalue weighted by Crippen LogP contribution is -2.49. The molecular weight excluding hydrogens is 374 g/mol. The van der Waals surface area contributed by atoms with Crippen LogP contribution >= 0.6 is 0 Å². The first-order valence-corrected chi connectivity index (χ1v) is 10.0. The van der Waals surface area contributed by atoms with E-state index in [0.717, 1.165) is 12.8 Å². The fourth-order valence-electron chi connectivity index (χ4n) is 3.12. The molecule has 0 aliphatic carbocycles. The molecule has 0 radical (unpaired) electrons. The molecule has 0 heterocycles. The summed E-state index contributed by atoms with van der Waals surface area (Å²) in [5.41, 5.74) is 0.982. The monoisotopic (exact) mass is 402 g/mol. The number of hydrogen-bond donors (Lipinski definition) is 1. The number of nitrogens with one attached hydrogen (secondary N) is 1. The molecule has 1 N–H and O–H groups in total. The van der Waals surface area contributed by atoms with Crippen molar-refractivity contribution in [3.05, 3.63) is 71.3 Å². The number of carbonyl (C=O) groups excluding carboxylic acids is 2. The molecule has 2 rings (SSSR count). The first-order valence-electron chi connectivity index (χ1n) is 10.0. The number of carbonyl (C=O) groups is 2. The van der Waals surface area contributed by atoms with Crippen LogP contribution in [0.4, 0.5) is 8.78 Å². The Bertz CT molecular complexity index is 809. The van der Waals surface area contributed by atoms with Gasteiger partial charge in [-0.15, -0.1) is 0 Å². The molecule has 6 heteroatoms. The van der Waals surface area contributed by atoms with Gasteiger partial charge in [-0.3, -0.25) is 9.59 Å². The highest BCUT2D eigenvalue weighted by Gasteiger charge is 2.28. The van der Waals surface area contributed by atoms with Crippen LogP contribution in [0.2, 0.25) is 0 Å². The zero-order valence-corrected chi connectivity index (χ0v) is 17.0. The van der Waals surface area contributed by atoms with Crippen molar-refractivity contribution in [1.82, 2.24) is 10.2 Å². The minimum absolute atomic E-state index is 0.146. The van der Waals surface area contributed by atoms with Crippen molar-refractivity contribution in [2.24, 2.45) is 0 Å². The van der Waals surface area contributed by atoms with E-state index < -0.39 is 11.9 Å². The maximum atomic E-state index is 14.0. The van der Waals surface area contributed by atoms with Crippen molar-refractivity contribution in [2.75, 3.05) is 6.54 Å². The summed E-state index contributed by atoms with van der Waals surface area (Å²) in [6, 6.07) is 11.2. The first-order chi connectivity index (χ1) is 14.0. The minimum Gasteiger partial charge on any atom is -0.354 e.